The summed E-state index contributed by atoms with van der Waals surface area (Å²) in [6, 6.07) is 4.45. The van der Waals surface area contributed by atoms with Crippen LogP contribution in [0, 0.1) is 30.9 Å². The van der Waals surface area contributed by atoms with Gasteiger partial charge in [-0.3, -0.25) is 19.7 Å². The fraction of sp³-hybridized carbons (Fsp3) is 0.294. The fourth-order valence-corrected chi connectivity index (χ4v) is 2.73. The van der Waals surface area contributed by atoms with Crippen LogP contribution in [0.15, 0.2) is 18.2 Å². The van der Waals surface area contributed by atoms with Gasteiger partial charge in [-0.15, -0.1) is 0 Å². The van der Waals surface area contributed by atoms with Gasteiger partial charge in [0.1, 0.15) is 5.75 Å². The van der Waals surface area contributed by atoms with Crippen molar-refractivity contribution in [3.8, 4) is 5.75 Å². The zero-order valence-corrected chi connectivity index (χ0v) is 13.9. The van der Waals surface area contributed by atoms with Crippen LogP contribution in [0.3, 0.4) is 0 Å². The number of nitro groups is 1. The number of Topliss-reactive ketones (excluding diaryl/α,β-unsaturated/α-hetero) is 2. The lowest BCUT2D eigenvalue weighted by Crippen LogP contribution is -2.14. The summed E-state index contributed by atoms with van der Waals surface area (Å²) in [5.41, 5.74) is 2.34. The topological polar surface area (TPSA) is 102 Å². The summed E-state index contributed by atoms with van der Waals surface area (Å²) in [4.78, 5) is 37.3. The minimum absolute atomic E-state index is 0.0642. The molecule has 126 valence electrons. The number of nitro benzene ring substituents is 1. The molecule has 1 heterocycles. The molecule has 0 saturated carbocycles. The Morgan fingerprint density at radius 2 is 1.88 bits per heavy atom. The van der Waals surface area contributed by atoms with Crippen LogP contribution in [0.4, 0.5) is 5.69 Å². The van der Waals surface area contributed by atoms with Gasteiger partial charge >= 0.3 is 0 Å². The largest absolute Gasteiger partial charge is 0.485 e. The summed E-state index contributed by atoms with van der Waals surface area (Å²) in [7, 11) is 0. The minimum Gasteiger partial charge on any atom is -0.485 e. The van der Waals surface area contributed by atoms with E-state index in [1.54, 1.807) is 26.8 Å². The maximum atomic E-state index is 12.4. The number of hydrogen-bond acceptors (Lipinski definition) is 5. The number of benzene rings is 1. The third-order valence-corrected chi connectivity index (χ3v) is 3.88. The molecule has 24 heavy (non-hydrogen) atoms. The summed E-state index contributed by atoms with van der Waals surface area (Å²) >= 11 is 0. The van der Waals surface area contributed by atoms with Gasteiger partial charge in [0, 0.05) is 17.3 Å². The summed E-state index contributed by atoms with van der Waals surface area (Å²) in [6.07, 6.45) is 0. The lowest BCUT2D eigenvalue weighted by molar-refractivity contribution is -0.385. The van der Waals surface area contributed by atoms with Crippen molar-refractivity contribution in [2.45, 2.75) is 27.7 Å². The van der Waals surface area contributed by atoms with E-state index in [1.165, 1.54) is 19.1 Å². The van der Waals surface area contributed by atoms with Crippen molar-refractivity contribution in [3.63, 3.8) is 0 Å². The number of ketones is 2. The van der Waals surface area contributed by atoms with E-state index in [2.05, 4.69) is 4.98 Å². The molecule has 0 saturated heterocycles. The zero-order valence-electron chi connectivity index (χ0n) is 13.9. The van der Waals surface area contributed by atoms with Crippen LogP contribution in [0.1, 0.15) is 44.6 Å². The molecule has 1 aromatic heterocycles. The van der Waals surface area contributed by atoms with Crippen LogP contribution in [0.5, 0.6) is 5.75 Å². The summed E-state index contributed by atoms with van der Waals surface area (Å²) in [5.74, 6) is -0.157. The highest BCUT2D eigenvalue weighted by Crippen LogP contribution is 2.27. The Morgan fingerprint density at radius 1 is 1.21 bits per heavy atom. The highest BCUT2D eigenvalue weighted by molar-refractivity contribution is 6.03. The highest BCUT2D eigenvalue weighted by Gasteiger charge is 2.21. The molecule has 2 aromatic rings. The number of aromatic nitrogens is 1. The molecule has 0 atom stereocenters. The molecular weight excluding hydrogens is 312 g/mol. The maximum absolute atomic E-state index is 12.4. The number of nitrogens with zero attached hydrogens (tertiary/aromatic N) is 1. The third kappa shape index (κ3) is 3.19. The molecule has 0 fully saturated rings. The number of aryl methyl sites for hydroxylation is 1. The van der Waals surface area contributed by atoms with Gasteiger partial charge in [-0.2, -0.15) is 0 Å². The van der Waals surface area contributed by atoms with Crippen LogP contribution >= 0.6 is 0 Å². The van der Waals surface area contributed by atoms with Gasteiger partial charge in [-0.05, 0) is 39.3 Å². The second kappa shape index (κ2) is 6.66. The molecule has 1 aromatic carbocycles. The Kier molecular flexibility index (Phi) is 4.82. The highest BCUT2D eigenvalue weighted by atomic mass is 16.6. The second-order valence-electron chi connectivity index (χ2n) is 5.55. The van der Waals surface area contributed by atoms with Gasteiger partial charge < -0.3 is 9.72 Å². The van der Waals surface area contributed by atoms with Crippen molar-refractivity contribution in [2.24, 2.45) is 0 Å². The van der Waals surface area contributed by atoms with Crippen LogP contribution < -0.4 is 4.74 Å². The number of carbonyl (C=O) groups excluding carboxylic acids is 2. The molecule has 0 aliphatic carbocycles. The van der Waals surface area contributed by atoms with Crippen LogP contribution in [-0.2, 0) is 0 Å². The molecule has 0 radical (unpaired) electrons. The molecule has 0 unspecified atom stereocenters. The first-order valence-corrected chi connectivity index (χ1v) is 7.34. The normalized spacial score (nSPS) is 10.5. The van der Waals surface area contributed by atoms with Gasteiger partial charge in [0.2, 0.25) is 5.78 Å². The summed E-state index contributed by atoms with van der Waals surface area (Å²) in [5, 5.41) is 10.9. The SMILES string of the molecule is CC(=O)c1c(C)[nH]c(C(=O)COc2cccc([N+](=O)[O-])c2C)c1C. The van der Waals surface area contributed by atoms with E-state index >= 15 is 0 Å². The van der Waals surface area contributed by atoms with Crippen molar-refractivity contribution in [1.29, 1.82) is 0 Å². The van der Waals surface area contributed by atoms with Crippen molar-refractivity contribution >= 4 is 17.3 Å². The molecular formula is C17H18N2O5. The zero-order chi connectivity index (χ0) is 18.0. The van der Waals surface area contributed by atoms with E-state index in [0.29, 0.717) is 28.1 Å². The molecule has 7 heteroatoms. The number of ether oxygens (including phenoxy) is 1. The van der Waals surface area contributed by atoms with Crippen LogP contribution in [0.2, 0.25) is 0 Å². The van der Waals surface area contributed by atoms with E-state index in [4.69, 9.17) is 4.74 Å². The van der Waals surface area contributed by atoms with Crippen LogP contribution in [-0.4, -0.2) is 28.1 Å². The van der Waals surface area contributed by atoms with Crippen molar-refractivity contribution in [1.82, 2.24) is 4.98 Å². The van der Waals surface area contributed by atoms with E-state index < -0.39 is 4.92 Å². The standard InChI is InChI=1S/C17H18N2O5/c1-9-13(19(22)23)6-5-7-15(9)24-8-14(21)17-10(2)16(12(4)20)11(3)18-17/h5-7,18H,8H2,1-4H3. The molecule has 1 N–H and O–H groups in total. The van der Waals surface area contributed by atoms with E-state index in [9.17, 15) is 19.7 Å². The molecule has 0 amide bonds. The lowest BCUT2D eigenvalue weighted by atomic mass is 10.1. The number of nitrogens with one attached hydrogen (secondary N) is 1. The van der Waals surface area contributed by atoms with Crippen molar-refractivity contribution < 1.29 is 19.2 Å². The molecule has 0 spiro atoms. The summed E-state index contributed by atoms with van der Waals surface area (Å²) < 4.78 is 5.45. The first-order chi connectivity index (χ1) is 11.2. The Labute approximate surface area is 138 Å². The first-order valence-electron chi connectivity index (χ1n) is 7.34. The van der Waals surface area contributed by atoms with E-state index in [-0.39, 0.29) is 29.6 Å². The van der Waals surface area contributed by atoms with Gasteiger partial charge in [0.25, 0.3) is 5.69 Å². The van der Waals surface area contributed by atoms with E-state index in [1.807, 2.05) is 0 Å². The predicted molar refractivity (Wildman–Crippen MR) is 87.9 cm³/mol. The Hall–Kier alpha value is -2.96. The molecule has 7 nitrogen and oxygen atoms in total. The van der Waals surface area contributed by atoms with Crippen molar-refractivity contribution in [2.75, 3.05) is 6.61 Å². The Bertz CT molecular complexity index is 836. The number of rotatable bonds is 6. The van der Waals surface area contributed by atoms with Gasteiger partial charge in [-0.1, -0.05) is 6.07 Å². The second-order valence-corrected chi connectivity index (χ2v) is 5.55. The number of carbonyl (C=O) groups is 2. The average Bonchev–Trinajstić information content (AvgIpc) is 2.80. The fourth-order valence-electron chi connectivity index (χ4n) is 2.73. The molecule has 0 aliphatic rings. The molecule has 0 bridgehead atoms. The minimum atomic E-state index is -0.498. The predicted octanol–water partition coefficient (Wildman–Crippen LogP) is 3.31. The first kappa shape index (κ1) is 17.4. The Balaban J connectivity index is 2.21. The number of hydrogen-bond donors (Lipinski definition) is 1. The smallest absolute Gasteiger partial charge is 0.276 e. The van der Waals surface area contributed by atoms with E-state index in [0.717, 1.165) is 0 Å². The molecule has 0 aliphatic heterocycles. The van der Waals surface area contributed by atoms with Crippen molar-refractivity contribution in [3.05, 3.63) is 56.4 Å². The van der Waals surface area contributed by atoms with Gasteiger partial charge in [-0.25, -0.2) is 0 Å². The number of aromatic amines is 1. The van der Waals surface area contributed by atoms with Gasteiger partial charge in [0.05, 0.1) is 16.2 Å². The maximum Gasteiger partial charge on any atom is 0.276 e. The molecule has 2 rings (SSSR count). The number of H-pyrrole nitrogens is 1. The monoisotopic (exact) mass is 330 g/mol. The van der Waals surface area contributed by atoms with Gasteiger partial charge in [0.15, 0.2) is 12.4 Å². The quantitative estimate of drug-likeness (QED) is 0.497. The average molecular weight is 330 g/mol. The summed E-state index contributed by atoms with van der Waals surface area (Å²) in [6.45, 7) is 6.16. The lowest BCUT2D eigenvalue weighted by Gasteiger charge is -2.08. The van der Waals surface area contributed by atoms with Crippen LogP contribution in [0.25, 0.3) is 0 Å². The Morgan fingerprint density at radius 3 is 2.42 bits per heavy atom. The third-order valence-electron chi connectivity index (χ3n) is 3.88.